The van der Waals surface area contributed by atoms with Gasteiger partial charge in [-0.25, -0.2) is 9.97 Å². The molecule has 0 fully saturated rings. The second-order valence-corrected chi connectivity index (χ2v) is 6.22. The number of methoxy groups -OCH3 is 1. The molecule has 2 aromatic rings. The van der Waals surface area contributed by atoms with Gasteiger partial charge in [-0.3, -0.25) is 4.79 Å². The lowest BCUT2D eigenvalue weighted by atomic mass is 10.1. The Kier molecular flexibility index (Phi) is 7.82. The zero-order chi connectivity index (χ0) is 18.8. The normalized spacial score (nSPS) is 10.6. The number of amides is 1. The van der Waals surface area contributed by atoms with E-state index in [0.717, 1.165) is 37.2 Å². The van der Waals surface area contributed by atoms with Crippen molar-refractivity contribution < 1.29 is 9.53 Å². The number of hydrogen-bond donors (Lipinski definition) is 2. The Morgan fingerprint density at radius 2 is 1.88 bits per heavy atom. The van der Waals surface area contributed by atoms with Crippen molar-refractivity contribution in [2.75, 3.05) is 46.2 Å². The summed E-state index contributed by atoms with van der Waals surface area (Å²) >= 11 is 0. The maximum absolute atomic E-state index is 12.1. The number of anilines is 1. The van der Waals surface area contributed by atoms with Crippen molar-refractivity contribution in [2.45, 2.75) is 12.8 Å². The molecule has 2 N–H and O–H groups in total. The topological polar surface area (TPSA) is 79.4 Å². The molecule has 0 radical (unpaired) electrons. The summed E-state index contributed by atoms with van der Waals surface area (Å²) in [6, 6.07) is 7.79. The Morgan fingerprint density at radius 1 is 1.12 bits per heavy atom. The number of nitrogens with zero attached hydrogens (tertiary/aromatic N) is 3. The van der Waals surface area contributed by atoms with Crippen molar-refractivity contribution in [1.82, 2.24) is 20.2 Å². The van der Waals surface area contributed by atoms with Crippen molar-refractivity contribution in [3.8, 4) is 5.75 Å². The van der Waals surface area contributed by atoms with Crippen molar-refractivity contribution in [1.29, 1.82) is 0 Å². The summed E-state index contributed by atoms with van der Waals surface area (Å²) in [5.41, 5.74) is 1.45. The van der Waals surface area contributed by atoms with Gasteiger partial charge in [0.05, 0.1) is 19.5 Å². The van der Waals surface area contributed by atoms with Crippen molar-refractivity contribution in [3.05, 3.63) is 47.9 Å². The van der Waals surface area contributed by atoms with Crippen LogP contribution >= 0.6 is 0 Å². The first kappa shape index (κ1) is 19.7. The quantitative estimate of drug-likeness (QED) is 0.632. The zero-order valence-electron chi connectivity index (χ0n) is 15.7. The first-order valence-electron chi connectivity index (χ1n) is 8.70. The number of carbonyl (C=O) groups excluding carboxylic acids is 1. The summed E-state index contributed by atoms with van der Waals surface area (Å²) < 4.78 is 5.13. The predicted molar refractivity (Wildman–Crippen MR) is 103 cm³/mol. The first-order chi connectivity index (χ1) is 12.6. The average Bonchev–Trinajstić information content (AvgIpc) is 2.66. The number of carbonyl (C=O) groups is 1. The highest BCUT2D eigenvalue weighted by Gasteiger charge is 2.07. The molecule has 0 bridgehead atoms. The molecule has 140 valence electrons. The minimum atomic E-state index is -0.217. The third-order valence-electron chi connectivity index (χ3n) is 3.83. The summed E-state index contributed by atoms with van der Waals surface area (Å²) in [6.07, 6.45) is 4.85. The van der Waals surface area contributed by atoms with Crippen LogP contribution in [0.25, 0.3) is 0 Å². The van der Waals surface area contributed by atoms with Crippen molar-refractivity contribution in [3.63, 3.8) is 0 Å². The highest BCUT2D eigenvalue weighted by molar-refractivity contribution is 5.91. The SMILES string of the molecule is COc1ccc(CCNC(=O)c2cnc(NCCCN(C)C)cn2)cc1. The number of benzene rings is 1. The smallest absolute Gasteiger partial charge is 0.271 e. The van der Waals surface area contributed by atoms with Gasteiger partial charge in [0, 0.05) is 13.1 Å². The van der Waals surface area contributed by atoms with E-state index < -0.39 is 0 Å². The predicted octanol–water partition coefficient (Wildman–Crippen LogP) is 1.82. The number of hydrogen-bond acceptors (Lipinski definition) is 6. The van der Waals surface area contributed by atoms with E-state index in [1.54, 1.807) is 13.3 Å². The van der Waals surface area contributed by atoms with Gasteiger partial charge in [0.15, 0.2) is 0 Å². The van der Waals surface area contributed by atoms with Gasteiger partial charge in [0.25, 0.3) is 5.91 Å². The fraction of sp³-hybridized carbons (Fsp3) is 0.421. The van der Waals surface area contributed by atoms with Crippen LogP contribution in [0, 0.1) is 0 Å². The maximum atomic E-state index is 12.1. The summed E-state index contributed by atoms with van der Waals surface area (Å²) in [6.45, 7) is 2.37. The van der Waals surface area contributed by atoms with Crippen LogP contribution in [-0.2, 0) is 6.42 Å². The Balaban J connectivity index is 1.73. The van der Waals surface area contributed by atoms with Gasteiger partial charge < -0.3 is 20.3 Å². The third kappa shape index (κ3) is 6.68. The van der Waals surface area contributed by atoms with Crippen LogP contribution in [-0.4, -0.2) is 61.6 Å². The summed E-state index contributed by atoms with van der Waals surface area (Å²) in [5.74, 6) is 1.28. The molecule has 7 nitrogen and oxygen atoms in total. The van der Waals surface area contributed by atoms with E-state index in [4.69, 9.17) is 4.74 Å². The summed E-state index contributed by atoms with van der Waals surface area (Å²) in [5, 5.41) is 6.06. The number of aromatic nitrogens is 2. The third-order valence-corrected chi connectivity index (χ3v) is 3.83. The molecule has 0 aliphatic carbocycles. The van der Waals surface area contributed by atoms with Gasteiger partial charge in [-0.1, -0.05) is 12.1 Å². The molecule has 26 heavy (non-hydrogen) atoms. The van der Waals surface area contributed by atoms with E-state index >= 15 is 0 Å². The molecule has 1 amide bonds. The van der Waals surface area contributed by atoms with Crippen LogP contribution < -0.4 is 15.4 Å². The molecule has 2 rings (SSSR count). The molecule has 0 aliphatic heterocycles. The van der Waals surface area contributed by atoms with E-state index in [1.807, 2.05) is 38.4 Å². The van der Waals surface area contributed by atoms with Crippen molar-refractivity contribution >= 4 is 11.7 Å². The van der Waals surface area contributed by atoms with Crippen molar-refractivity contribution in [2.24, 2.45) is 0 Å². The highest BCUT2D eigenvalue weighted by atomic mass is 16.5. The van der Waals surface area contributed by atoms with Crippen LogP contribution in [0.3, 0.4) is 0 Å². The van der Waals surface area contributed by atoms with E-state index in [-0.39, 0.29) is 5.91 Å². The number of rotatable bonds is 10. The number of nitrogens with one attached hydrogen (secondary N) is 2. The summed E-state index contributed by atoms with van der Waals surface area (Å²) in [7, 11) is 5.73. The zero-order valence-corrected chi connectivity index (χ0v) is 15.7. The average molecular weight is 357 g/mol. The lowest BCUT2D eigenvalue weighted by Gasteiger charge is -2.10. The maximum Gasteiger partial charge on any atom is 0.271 e. The minimum Gasteiger partial charge on any atom is -0.497 e. The Labute approximate surface area is 154 Å². The van der Waals surface area contributed by atoms with E-state index in [0.29, 0.717) is 18.1 Å². The largest absolute Gasteiger partial charge is 0.497 e. The van der Waals surface area contributed by atoms with Crippen LogP contribution in [0.15, 0.2) is 36.7 Å². The fourth-order valence-corrected chi connectivity index (χ4v) is 2.35. The number of ether oxygens (including phenoxy) is 1. The molecule has 0 saturated heterocycles. The molecule has 7 heteroatoms. The minimum absolute atomic E-state index is 0.217. The van der Waals surface area contributed by atoms with Gasteiger partial charge in [-0.15, -0.1) is 0 Å². The van der Waals surface area contributed by atoms with Crippen LogP contribution in [0.1, 0.15) is 22.5 Å². The molecule has 0 spiro atoms. The molecular weight excluding hydrogens is 330 g/mol. The summed E-state index contributed by atoms with van der Waals surface area (Å²) in [4.78, 5) is 22.7. The molecule has 0 unspecified atom stereocenters. The van der Waals surface area contributed by atoms with E-state index in [9.17, 15) is 4.79 Å². The molecule has 1 heterocycles. The Bertz CT molecular complexity index is 671. The Morgan fingerprint density at radius 3 is 2.50 bits per heavy atom. The van der Waals surface area contributed by atoms with Crippen LogP contribution in [0.4, 0.5) is 5.82 Å². The van der Waals surface area contributed by atoms with Gasteiger partial charge in [0.2, 0.25) is 0 Å². The molecule has 0 saturated carbocycles. The lowest BCUT2D eigenvalue weighted by Crippen LogP contribution is -2.26. The first-order valence-corrected chi connectivity index (χ1v) is 8.70. The van der Waals surface area contributed by atoms with Gasteiger partial charge in [-0.2, -0.15) is 0 Å². The van der Waals surface area contributed by atoms with Gasteiger partial charge in [0.1, 0.15) is 17.3 Å². The van der Waals surface area contributed by atoms with E-state index in [2.05, 4.69) is 25.5 Å². The molecule has 1 aromatic heterocycles. The molecule has 1 aromatic carbocycles. The lowest BCUT2D eigenvalue weighted by molar-refractivity contribution is 0.0949. The van der Waals surface area contributed by atoms with Gasteiger partial charge in [-0.05, 0) is 51.2 Å². The van der Waals surface area contributed by atoms with Crippen LogP contribution in [0.2, 0.25) is 0 Å². The molecule has 0 aliphatic rings. The molecule has 0 atom stereocenters. The molecular formula is C19H27N5O2. The van der Waals surface area contributed by atoms with E-state index in [1.165, 1.54) is 6.20 Å². The monoisotopic (exact) mass is 357 g/mol. The second kappa shape index (κ2) is 10.4. The second-order valence-electron chi connectivity index (χ2n) is 6.22. The highest BCUT2D eigenvalue weighted by Crippen LogP contribution is 2.11. The van der Waals surface area contributed by atoms with Gasteiger partial charge >= 0.3 is 0 Å². The fourth-order valence-electron chi connectivity index (χ4n) is 2.35. The van der Waals surface area contributed by atoms with Crippen LogP contribution in [0.5, 0.6) is 5.75 Å². The Hall–Kier alpha value is -2.67. The standard InChI is InChI=1S/C19H27N5O2/c1-24(2)12-4-10-20-18-14-22-17(13-23-18)19(25)21-11-9-15-5-7-16(26-3)8-6-15/h5-8,13-14H,4,9-12H2,1-3H3,(H,20,23)(H,21,25).